The molecule has 2 aromatic rings. The molecule has 1 aliphatic rings. The van der Waals surface area contributed by atoms with Crippen molar-refractivity contribution in [1.82, 2.24) is 9.88 Å². The molecule has 0 radical (unpaired) electrons. The lowest BCUT2D eigenvalue weighted by Gasteiger charge is -2.45. The summed E-state index contributed by atoms with van der Waals surface area (Å²) in [6, 6.07) is 6.35. The highest BCUT2D eigenvalue weighted by Crippen LogP contribution is 2.44. The molecule has 0 spiro atoms. The third-order valence-corrected chi connectivity index (χ3v) is 6.25. The summed E-state index contributed by atoms with van der Waals surface area (Å²) in [5.41, 5.74) is -0.614. The van der Waals surface area contributed by atoms with Gasteiger partial charge in [0, 0.05) is 24.7 Å². The first-order chi connectivity index (χ1) is 15.8. The predicted molar refractivity (Wildman–Crippen MR) is 113 cm³/mol. The van der Waals surface area contributed by atoms with E-state index < -0.39 is 35.6 Å². The fraction of sp³-hybridized carbons (Fsp3) is 0.500. The Morgan fingerprint density at radius 2 is 1.71 bits per heavy atom. The Hall–Kier alpha value is -2.62. The van der Waals surface area contributed by atoms with E-state index in [-0.39, 0.29) is 24.3 Å². The van der Waals surface area contributed by atoms with E-state index in [0.29, 0.717) is 30.5 Å². The van der Waals surface area contributed by atoms with Crippen molar-refractivity contribution >= 4 is 5.97 Å². The molecule has 0 unspecified atom stereocenters. The maximum absolute atomic E-state index is 13.1. The van der Waals surface area contributed by atoms with Gasteiger partial charge in [-0.2, -0.15) is 26.3 Å². The number of alkyl halides is 6. The Kier molecular flexibility index (Phi) is 7.59. The Morgan fingerprint density at radius 3 is 2.18 bits per heavy atom. The molecule has 2 heterocycles. The number of likely N-dealkylation sites (tertiary alicyclic amines) is 1. The highest BCUT2D eigenvalue weighted by molar-refractivity contribution is 5.67. The molecule has 3 rings (SSSR count). The number of halogens is 6. The first-order valence-electron chi connectivity index (χ1n) is 10.9. The minimum absolute atomic E-state index is 0.0495. The number of pyridine rings is 1. The van der Waals surface area contributed by atoms with Gasteiger partial charge in [0.15, 0.2) is 0 Å². The quantitative estimate of drug-likeness (QED) is 0.458. The second-order valence-electron chi connectivity index (χ2n) is 9.03. The number of piperidine rings is 1. The summed E-state index contributed by atoms with van der Waals surface area (Å²) >= 11 is 0. The monoisotopic (exact) mass is 488 g/mol. The lowest BCUT2D eigenvalue weighted by atomic mass is 9.82. The van der Waals surface area contributed by atoms with Crippen LogP contribution in [0.4, 0.5) is 26.3 Å². The van der Waals surface area contributed by atoms with Crippen LogP contribution in [-0.4, -0.2) is 27.5 Å². The smallest absolute Gasteiger partial charge is 0.433 e. The van der Waals surface area contributed by atoms with Crippen LogP contribution in [0.3, 0.4) is 0 Å². The molecular weight excluding hydrogens is 462 g/mol. The van der Waals surface area contributed by atoms with Gasteiger partial charge in [-0.15, -0.1) is 0 Å². The second kappa shape index (κ2) is 9.93. The third kappa shape index (κ3) is 6.08. The highest BCUT2D eigenvalue weighted by Gasteiger charge is 2.38. The van der Waals surface area contributed by atoms with Crippen molar-refractivity contribution in [3.8, 4) is 0 Å². The van der Waals surface area contributed by atoms with Crippen molar-refractivity contribution < 1.29 is 36.2 Å². The van der Waals surface area contributed by atoms with Crippen LogP contribution in [0.1, 0.15) is 67.6 Å². The van der Waals surface area contributed by atoms with Crippen molar-refractivity contribution in [1.29, 1.82) is 0 Å². The van der Waals surface area contributed by atoms with Crippen molar-refractivity contribution in [3.05, 3.63) is 65.0 Å². The summed E-state index contributed by atoms with van der Waals surface area (Å²) in [4.78, 5) is 16.9. The normalized spacial score (nSPS) is 21.0. The Morgan fingerprint density at radius 1 is 1.06 bits per heavy atom. The van der Waals surface area contributed by atoms with Crippen LogP contribution in [0.2, 0.25) is 0 Å². The molecule has 3 atom stereocenters. The molecule has 1 saturated heterocycles. The lowest BCUT2D eigenvalue weighted by Crippen LogP contribution is -2.41. The van der Waals surface area contributed by atoms with Gasteiger partial charge in [0.25, 0.3) is 0 Å². The topological polar surface area (TPSA) is 53.4 Å². The molecule has 1 N–H and O–H groups in total. The van der Waals surface area contributed by atoms with Gasteiger partial charge in [-0.3, -0.25) is 14.7 Å². The SMILES string of the molecule is CC(C)[C@H](c1ccc(C(F)(F)F)nc1)N1CC[C@@H](CC(=O)O)C[C@H]1c1ccc(C(F)(F)F)cc1. The van der Waals surface area contributed by atoms with E-state index in [1.54, 1.807) is 0 Å². The first-order valence-corrected chi connectivity index (χ1v) is 10.9. The zero-order valence-corrected chi connectivity index (χ0v) is 18.7. The van der Waals surface area contributed by atoms with Crippen LogP contribution in [0.5, 0.6) is 0 Å². The van der Waals surface area contributed by atoms with E-state index >= 15 is 0 Å². The average Bonchev–Trinajstić information content (AvgIpc) is 2.73. The number of benzene rings is 1. The van der Waals surface area contributed by atoms with Crippen LogP contribution >= 0.6 is 0 Å². The summed E-state index contributed by atoms with van der Waals surface area (Å²) in [6.45, 7) is 4.28. The van der Waals surface area contributed by atoms with Crippen molar-refractivity contribution in [3.63, 3.8) is 0 Å². The van der Waals surface area contributed by atoms with E-state index in [1.807, 2.05) is 13.8 Å². The summed E-state index contributed by atoms with van der Waals surface area (Å²) in [7, 11) is 0. The van der Waals surface area contributed by atoms with Crippen molar-refractivity contribution in [2.45, 2.75) is 57.5 Å². The molecule has 0 saturated carbocycles. The molecule has 1 aromatic carbocycles. The lowest BCUT2D eigenvalue weighted by molar-refractivity contribution is -0.141. The second-order valence-corrected chi connectivity index (χ2v) is 9.03. The molecule has 1 aliphatic heterocycles. The van der Waals surface area contributed by atoms with Crippen LogP contribution in [0.25, 0.3) is 0 Å². The van der Waals surface area contributed by atoms with Gasteiger partial charge >= 0.3 is 18.3 Å². The van der Waals surface area contributed by atoms with Crippen LogP contribution in [-0.2, 0) is 17.1 Å². The van der Waals surface area contributed by atoms with Crippen LogP contribution in [0.15, 0.2) is 42.6 Å². The number of rotatable bonds is 6. The number of nitrogens with zero attached hydrogens (tertiary/aromatic N) is 2. The zero-order chi connectivity index (χ0) is 25.3. The summed E-state index contributed by atoms with van der Waals surface area (Å²) in [5, 5.41) is 9.24. The van der Waals surface area contributed by atoms with Gasteiger partial charge in [0.1, 0.15) is 5.69 Å². The minimum atomic E-state index is -4.57. The number of hydrogen-bond donors (Lipinski definition) is 1. The predicted octanol–water partition coefficient (Wildman–Crippen LogP) is 6.74. The van der Waals surface area contributed by atoms with Crippen molar-refractivity contribution in [2.75, 3.05) is 6.54 Å². The average molecular weight is 488 g/mol. The molecule has 10 heteroatoms. The fourth-order valence-corrected chi connectivity index (χ4v) is 4.75. The van der Waals surface area contributed by atoms with E-state index in [2.05, 4.69) is 9.88 Å². The number of carboxylic acid groups (broad SMARTS) is 1. The molecular formula is C24H26F6N2O2. The van der Waals surface area contributed by atoms with Gasteiger partial charge in [-0.05, 0) is 60.5 Å². The molecule has 186 valence electrons. The molecule has 1 aromatic heterocycles. The highest BCUT2D eigenvalue weighted by atomic mass is 19.4. The van der Waals surface area contributed by atoms with E-state index in [0.717, 1.165) is 18.2 Å². The number of hydrogen-bond acceptors (Lipinski definition) is 3. The Balaban J connectivity index is 1.98. The standard InChI is InChI=1S/C24H26F6N2O2/c1-14(2)22(17-5-8-20(31-13-17)24(28,29)30)32-10-9-15(12-21(33)34)11-19(32)16-3-6-18(7-4-16)23(25,26)27/h3-8,13-15,19,22H,9-12H2,1-2H3,(H,33,34)/t15-,19+,22-/m1/s1. The Bertz CT molecular complexity index is 971. The molecule has 34 heavy (non-hydrogen) atoms. The third-order valence-electron chi connectivity index (χ3n) is 6.25. The van der Waals surface area contributed by atoms with Crippen molar-refractivity contribution in [2.24, 2.45) is 11.8 Å². The number of aromatic nitrogens is 1. The van der Waals surface area contributed by atoms with Gasteiger partial charge < -0.3 is 5.11 Å². The molecule has 1 fully saturated rings. The largest absolute Gasteiger partial charge is 0.481 e. The number of carboxylic acids is 1. The summed E-state index contributed by atoms with van der Waals surface area (Å²) in [6.07, 6.45) is -6.94. The molecule has 0 bridgehead atoms. The molecule has 0 amide bonds. The van der Waals surface area contributed by atoms with E-state index in [4.69, 9.17) is 0 Å². The van der Waals surface area contributed by atoms with Gasteiger partial charge in [0.05, 0.1) is 5.56 Å². The Labute approximate surface area is 193 Å². The molecule has 0 aliphatic carbocycles. The fourth-order valence-electron chi connectivity index (χ4n) is 4.75. The first kappa shape index (κ1) is 26.0. The maximum atomic E-state index is 13.1. The van der Waals surface area contributed by atoms with Gasteiger partial charge in [0.2, 0.25) is 0 Å². The van der Waals surface area contributed by atoms with Crippen LogP contribution in [0, 0.1) is 11.8 Å². The minimum Gasteiger partial charge on any atom is -0.481 e. The summed E-state index contributed by atoms with van der Waals surface area (Å²) in [5.74, 6) is -1.16. The van der Waals surface area contributed by atoms with E-state index in [9.17, 15) is 36.2 Å². The van der Waals surface area contributed by atoms with Gasteiger partial charge in [-0.1, -0.05) is 32.0 Å². The van der Waals surface area contributed by atoms with Crippen LogP contribution < -0.4 is 0 Å². The van der Waals surface area contributed by atoms with E-state index in [1.165, 1.54) is 24.4 Å². The van der Waals surface area contributed by atoms with Gasteiger partial charge in [-0.25, -0.2) is 0 Å². The zero-order valence-electron chi connectivity index (χ0n) is 18.7. The molecule has 4 nitrogen and oxygen atoms in total. The number of aliphatic carboxylic acids is 1. The summed E-state index contributed by atoms with van der Waals surface area (Å²) < 4.78 is 78.1. The number of carbonyl (C=O) groups is 1. The maximum Gasteiger partial charge on any atom is 0.433 e.